The van der Waals surface area contributed by atoms with Crippen LogP contribution in [0.1, 0.15) is 129 Å². The van der Waals surface area contributed by atoms with Crippen LogP contribution in [0.4, 0.5) is 0 Å². The Bertz CT molecular complexity index is 312. The Morgan fingerprint density at radius 2 is 0.778 bits per heavy atom. The molecule has 0 fully saturated rings. The van der Waals surface area contributed by atoms with Gasteiger partial charge in [-0.3, -0.25) is 4.57 Å². The van der Waals surface area contributed by atoms with Crippen molar-refractivity contribution >= 4 is 28.5 Å². The summed E-state index contributed by atoms with van der Waals surface area (Å²) >= 11 is 2.61. The van der Waals surface area contributed by atoms with Gasteiger partial charge in [0.25, 0.3) is 0 Å². The van der Waals surface area contributed by atoms with Crippen LogP contribution in [-0.4, -0.2) is 16.4 Å². The molecule has 0 heterocycles. The zero-order valence-electron chi connectivity index (χ0n) is 18.3. The van der Waals surface area contributed by atoms with Crippen LogP contribution < -0.4 is 0 Å². The lowest BCUT2D eigenvalue weighted by atomic mass is 10.1. The summed E-state index contributed by atoms with van der Waals surface area (Å²) in [6.45, 7) is 4.51. The third kappa shape index (κ3) is 23.0. The lowest BCUT2D eigenvalue weighted by Crippen LogP contribution is -1.85. The van der Waals surface area contributed by atoms with Crippen molar-refractivity contribution in [3.05, 3.63) is 0 Å². The fourth-order valence-corrected chi connectivity index (χ4v) is 8.82. The third-order valence-electron chi connectivity index (χ3n) is 5.00. The van der Waals surface area contributed by atoms with Crippen LogP contribution in [0, 0.1) is 0 Å². The van der Waals surface area contributed by atoms with Crippen molar-refractivity contribution in [1.29, 1.82) is 0 Å². The van der Waals surface area contributed by atoms with Gasteiger partial charge < -0.3 is 4.89 Å². The molecule has 0 radical (unpaired) electrons. The molecule has 0 saturated heterocycles. The van der Waals surface area contributed by atoms with Gasteiger partial charge in [-0.25, -0.2) is 0 Å². The Balaban J connectivity index is 3.32. The van der Waals surface area contributed by atoms with Gasteiger partial charge in [-0.1, -0.05) is 139 Å². The summed E-state index contributed by atoms with van der Waals surface area (Å²) in [6, 6.07) is 0. The largest absolute Gasteiger partial charge is 0.329 e. The average molecular weight is 439 g/mol. The van der Waals surface area contributed by atoms with Gasteiger partial charge in [-0.2, -0.15) is 0 Å². The van der Waals surface area contributed by atoms with E-state index in [4.69, 9.17) is 0 Å². The Kier molecular flexibility index (Phi) is 22.3. The van der Waals surface area contributed by atoms with Crippen molar-refractivity contribution in [3.63, 3.8) is 0 Å². The summed E-state index contributed by atoms with van der Waals surface area (Å²) in [5.41, 5.74) is 0. The minimum absolute atomic E-state index is 0.842. The van der Waals surface area contributed by atoms with Crippen LogP contribution in [-0.2, 0) is 4.57 Å². The first kappa shape index (κ1) is 27.9. The molecule has 164 valence electrons. The molecule has 0 saturated carbocycles. The Labute approximate surface area is 178 Å². The molecular formula is C22H47O2PS2. The van der Waals surface area contributed by atoms with E-state index in [0.717, 1.165) is 24.3 Å². The van der Waals surface area contributed by atoms with E-state index in [1.807, 2.05) is 0 Å². The van der Waals surface area contributed by atoms with Crippen LogP contribution >= 0.6 is 28.5 Å². The normalized spacial score (nSPS) is 12.0. The van der Waals surface area contributed by atoms with Crippen molar-refractivity contribution in [2.24, 2.45) is 0 Å². The monoisotopic (exact) mass is 438 g/mol. The molecule has 27 heavy (non-hydrogen) atoms. The minimum atomic E-state index is -3.01. The summed E-state index contributed by atoms with van der Waals surface area (Å²) in [7, 11) is 0. The number of rotatable bonds is 22. The van der Waals surface area contributed by atoms with Crippen LogP contribution in [0.5, 0.6) is 0 Å². The molecule has 0 aliphatic heterocycles. The Morgan fingerprint density at radius 3 is 1.07 bits per heavy atom. The topological polar surface area (TPSA) is 37.3 Å². The van der Waals surface area contributed by atoms with Gasteiger partial charge in [0.15, 0.2) is 0 Å². The van der Waals surface area contributed by atoms with Crippen molar-refractivity contribution in [2.75, 3.05) is 11.5 Å². The maximum absolute atomic E-state index is 12.2. The van der Waals surface area contributed by atoms with Crippen molar-refractivity contribution in [1.82, 2.24) is 0 Å². The molecule has 0 aromatic rings. The number of hydrogen-bond acceptors (Lipinski definition) is 3. The van der Waals surface area contributed by atoms with Gasteiger partial charge in [0.2, 0.25) is 0 Å². The van der Waals surface area contributed by atoms with Gasteiger partial charge in [0, 0.05) is 11.5 Å². The second kappa shape index (κ2) is 21.6. The van der Waals surface area contributed by atoms with Gasteiger partial charge in [-0.15, -0.1) is 0 Å². The second-order valence-electron chi connectivity index (χ2n) is 7.79. The molecule has 0 aliphatic carbocycles. The molecule has 5 heteroatoms. The Morgan fingerprint density at radius 1 is 0.519 bits per heavy atom. The van der Waals surface area contributed by atoms with Crippen LogP contribution in [0.2, 0.25) is 0 Å². The van der Waals surface area contributed by atoms with Gasteiger partial charge >= 0.3 is 5.77 Å². The van der Waals surface area contributed by atoms with Crippen LogP contribution in [0.15, 0.2) is 0 Å². The minimum Gasteiger partial charge on any atom is -0.329 e. The molecule has 0 aromatic heterocycles. The van der Waals surface area contributed by atoms with Crippen molar-refractivity contribution in [3.8, 4) is 0 Å². The van der Waals surface area contributed by atoms with E-state index in [1.165, 1.54) is 125 Å². The first-order valence-electron chi connectivity index (χ1n) is 11.7. The summed E-state index contributed by atoms with van der Waals surface area (Å²) in [5.74, 6) is -1.32. The highest BCUT2D eigenvalue weighted by molar-refractivity contribution is 8.88. The zero-order valence-corrected chi connectivity index (χ0v) is 20.8. The van der Waals surface area contributed by atoms with Crippen molar-refractivity contribution in [2.45, 2.75) is 129 Å². The fraction of sp³-hybridized carbons (Fsp3) is 1.00. The standard InChI is InChI=1S/C22H47O2PS2/c1-3-5-7-9-11-13-15-17-19-21-26-25(23,24)27-22-20-18-16-14-12-10-8-6-4-2/h3-22H2,1-2H3,(H,23,24). The summed E-state index contributed by atoms with van der Waals surface area (Å²) in [4.78, 5) is 10.0. The maximum atomic E-state index is 12.2. The molecule has 0 aliphatic rings. The molecule has 0 unspecified atom stereocenters. The smallest absolute Gasteiger partial charge is 0.310 e. The summed E-state index contributed by atoms with van der Waals surface area (Å²) < 4.78 is 12.2. The highest BCUT2D eigenvalue weighted by Crippen LogP contribution is 2.65. The van der Waals surface area contributed by atoms with Gasteiger partial charge in [-0.05, 0) is 12.8 Å². The average Bonchev–Trinajstić information content (AvgIpc) is 2.64. The van der Waals surface area contributed by atoms with Crippen LogP contribution in [0.25, 0.3) is 0 Å². The first-order chi connectivity index (χ1) is 13.1. The number of unbranched alkanes of at least 4 members (excludes halogenated alkanes) is 16. The fourth-order valence-electron chi connectivity index (χ4n) is 3.22. The molecule has 0 amide bonds. The van der Waals surface area contributed by atoms with Gasteiger partial charge in [0.1, 0.15) is 0 Å². The molecule has 0 spiro atoms. The summed E-state index contributed by atoms with van der Waals surface area (Å²) in [5, 5.41) is 0. The van der Waals surface area contributed by atoms with E-state index >= 15 is 0 Å². The third-order valence-corrected chi connectivity index (χ3v) is 11.6. The molecule has 2 nitrogen and oxygen atoms in total. The van der Waals surface area contributed by atoms with E-state index < -0.39 is 5.77 Å². The van der Waals surface area contributed by atoms with E-state index in [-0.39, 0.29) is 0 Å². The summed E-state index contributed by atoms with van der Waals surface area (Å²) in [6.07, 6.45) is 23.5. The molecule has 0 atom stereocenters. The van der Waals surface area contributed by atoms with E-state index in [0.29, 0.717) is 0 Å². The molecule has 0 rings (SSSR count). The number of hydrogen-bond donors (Lipinski definition) is 1. The van der Waals surface area contributed by atoms with Crippen molar-refractivity contribution < 1.29 is 9.46 Å². The highest BCUT2D eigenvalue weighted by Gasteiger charge is 2.18. The zero-order chi connectivity index (χ0) is 20.1. The maximum Gasteiger partial charge on any atom is 0.310 e. The Hall–Kier alpha value is 0.890. The molecule has 0 aromatic carbocycles. The highest BCUT2D eigenvalue weighted by atomic mass is 33.1. The van der Waals surface area contributed by atoms with Crippen LogP contribution in [0.3, 0.4) is 0 Å². The van der Waals surface area contributed by atoms with E-state index in [2.05, 4.69) is 13.8 Å². The lowest BCUT2D eigenvalue weighted by molar-refractivity contribution is 0.514. The lowest BCUT2D eigenvalue weighted by Gasteiger charge is -2.10. The predicted octanol–water partition coefficient (Wildman–Crippen LogP) is 9.61. The quantitative estimate of drug-likeness (QED) is 0.135. The molecule has 0 bridgehead atoms. The SMILES string of the molecule is CCCCCCCCCCCSP(=O)(O)SCCCCCCCCCCC. The molecular weight excluding hydrogens is 391 g/mol. The van der Waals surface area contributed by atoms with E-state index in [9.17, 15) is 9.46 Å². The van der Waals surface area contributed by atoms with E-state index in [1.54, 1.807) is 0 Å². The predicted molar refractivity (Wildman–Crippen MR) is 129 cm³/mol. The second-order valence-corrected chi connectivity index (χ2v) is 15.3. The first-order valence-corrected chi connectivity index (χ1v) is 16.6. The molecule has 1 N–H and O–H groups in total. The van der Waals surface area contributed by atoms with Gasteiger partial charge in [0.05, 0.1) is 0 Å².